The summed E-state index contributed by atoms with van der Waals surface area (Å²) >= 11 is 0. The molecule has 0 aliphatic heterocycles. The third-order valence-corrected chi connectivity index (χ3v) is 2.81. The van der Waals surface area contributed by atoms with E-state index in [0.717, 1.165) is 0 Å². The Bertz CT molecular complexity index is 658. The molecule has 0 rings (SSSR count). The van der Waals surface area contributed by atoms with Crippen molar-refractivity contribution in [3.8, 4) is 36.0 Å². The van der Waals surface area contributed by atoms with Gasteiger partial charge in [-0.25, -0.2) is 19.4 Å². The molecule has 0 amide bonds. The fraction of sp³-hybridized carbons (Fsp3) is 0.550. The topological polar surface area (TPSA) is 78.9 Å². The highest BCUT2D eigenvalue weighted by molar-refractivity contribution is 5.89. The SMILES string of the molecule is C#CCCCC(=O)OCC#CC(C)(C)C(=O)OOC(=O)C#CCC(C)C. The predicted molar refractivity (Wildman–Crippen MR) is 94.6 cm³/mol. The molecule has 0 radical (unpaired) electrons. The lowest BCUT2D eigenvalue weighted by Crippen LogP contribution is -2.26. The van der Waals surface area contributed by atoms with E-state index >= 15 is 0 Å². The Kier molecular flexibility index (Phi) is 11.1. The van der Waals surface area contributed by atoms with E-state index in [1.807, 2.05) is 13.8 Å². The molecule has 0 unspecified atom stereocenters. The zero-order chi connectivity index (χ0) is 20.0. The lowest BCUT2D eigenvalue weighted by Gasteiger charge is -2.13. The predicted octanol–water partition coefficient (Wildman–Crippen LogP) is 2.41. The number of unbranched alkanes of at least 4 members (excludes halogenated alkanes) is 1. The second kappa shape index (κ2) is 12.5. The van der Waals surface area contributed by atoms with Crippen molar-refractivity contribution in [1.82, 2.24) is 0 Å². The van der Waals surface area contributed by atoms with Crippen molar-refractivity contribution >= 4 is 17.9 Å². The van der Waals surface area contributed by atoms with Crippen LogP contribution in [0, 0.1) is 47.4 Å². The van der Waals surface area contributed by atoms with E-state index in [0.29, 0.717) is 25.2 Å². The van der Waals surface area contributed by atoms with E-state index in [1.54, 1.807) is 0 Å². The van der Waals surface area contributed by atoms with Gasteiger partial charge in [-0.05, 0) is 26.2 Å². The minimum atomic E-state index is -1.25. The summed E-state index contributed by atoms with van der Waals surface area (Å²) in [4.78, 5) is 43.3. The minimum absolute atomic E-state index is 0.161. The molecule has 0 aliphatic rings. The highest BCUT2D eigenvalue weighted by atomic mass is 17.2. The number of hydrogen-bond donors (Lipinski definition) is 0. The van der Waals surface area contributed by atoms with E-state index in [9.17, 15) is 14.4 Å². The van der Waals surface area contributed by atoms with Crippen LogP contribution in [0.4, 0.5) is 0 Å². The standard InChI is InChI=1S/C20H24O6/c1-6-7-8-12-17(21)24-15-10-14-20(4,5)19(23)26-25-18(22)13-9-11-16(2)3/h1,16H,7-8,11-12,15H2,2-5H3. The monoisotopic (exact) mass is 360 g/mol. The van der Waals surface area contributed by atoms with E-state index < -0.39 is 23.3 Å². The molecule has 0 aromatic carbocycles. The maximum atomic E-state index is 11.9. The van der Waals surface area contributed by atoms with Crippen LogP contribution in [0.25, 0.3) is 0 Å². The van der Waals surface area contributed by atoms with Gasteiger partial charge in [0.1, 0.15) is 5.41 Å². The van der Waals surface area contributed by atoms with Gasteiger partial charge < -0.3 is 4.74 Å². The number of esters is 1. The average molecular weight is 360 g/mol. The molecule has 0 aromatic heterocycles. The number of terminal acetylenes is 1. The van der Waals surface area contributed by atoms with Crippen molar-refractivity contribution in [2.45, 2.75) is 53.4 Å². The van der Waals surface area contributed by atoms with Gasteiger partial charge in [-0.3, -0.25) is 4.79 Å². The Labute approximate surface area is 154 Å². The Morgan fingerprint density at radius 3 is 2.42 bits per heavy atom. The van der Waals surface area contributed by atoms with Gasteiger partial charge in [-0.1, -0.05) is 31.6 Å². The summed E-state index contributed by atoms with van der Waals surface area (Å²) in [5.41, 5.74) is -1.25. The molecule has 0 aliphatic carbocycles. The molecule has 26 heavy (non-hydrogen) atoms. The number of ether oxygens (including phenoxy) is 1. The molecule has 140 valence electrons. The Morgan fingerprint density at radius 1 is 1.12 bits per heavy atom. The molecule has 0 fully saturated rings. The molecule has 0 aromatic rings. The Morgan fingerprint density at radius 2 is 1.81 bits per heavy atom. The summed E-state index contributed by atoms with van der Waals surface area (Å²) in [5.74, 6) is 10.5. The second-order valence-electron chi connectivity index (χ2n) is 6.29. The summed E-state index contributed by atoms with van der Waals surface area (Å²) in [5, 5.41) is 0. The summed E-state index contributed by atoms with van der Waals surface area (Å²) in [6, 6.07) is 0. The van der Waals surface area contributed by atoms with Crippen molar-refractivity contribution in [3.05, 3.63) is 0 Å². The van der Waals surface area contributed by atoms with Gasteiger partial charge in [0.05, 0.1) is 0 Å². The molecule has 0 spiro atoms. The molecule has 0 N–H and O–H groups in total. The van der Waals surface area contributed by atoms with Crippen LogP contribution in [0.2, 0.25) is 0 Å². The number of carbonyl (C=O) groups is 3. The lowest BCUT2D eigenvalue weighted by atomic mass is 9.95. The first kappa shape index (κ1) is 23.1. The van der Waals surface area contributed by atoms with Crippen LogP contribution in [-0.2, 0) is 28.9 Å². The molecular weight excluding hydrogens is 336 g/mol. The van der Waals surface area contributed by atoms with Gasteiger partial charge in [0.25, 0.3) is 0 Å². The highest BCUT2D eigenvalue weighted by Crippen LogP contribution is 2.15. The first-order chi connectivity index (χ1) is 12.2. The van der Waals surface area contributed by atoms with Gasteiger partial charge in [-0.15, -0.1) is 12.3 Å². The Hall–Kier alpha value is -2.91. The minimum Gasteiger partial charge on any atom is -0.452 e. The van der Waals surface area contributed by atoms with Gasteiger partial charge in [0.15, 0.2) is 6.61 Å². The Balaban J connectivity index is 4.31. The summed E-state index contributed by atoms with van der Waals surface area (Å²) in [6.45, 7) is 6.71. The van der Waals surface area contributed by atoms with E-state index in [1.165, 1.54) is 13.8 Å². The van der Waals surface area contributed by atoms with Crippen molar-refractivity contribution in [1.29, 1.82) is 0 Å². The lowest BCUT2D eigenvalue weighted by molar-refractivity contribution is -0.259. The largest absolute Gasteiger partial charge is 0.452 e. The smallest absolute Gasteiger partial charge is 0.429 e. The number of carbonyl (C=O) groups excluding carboxylic acids is 3. The molecule has 0 bridgehead atoms. The third-order valence-electron chi connectivity index (χ3n) is 2.81. The molecule has 0 heterocycles. The first-order valence-corrected chi connectivity index (χ1v) is 8.20. The van der Waals surface area contributed by atoms with Crippen LogP contribution < -0.4 is 0 Å². The van der Waals surface area contributed by atoms with Crippen molar-refractivity contribution in [3.63, 3.8) is 0 Å². The fourth-order valence-corrected chi connectivity index (χ4v) is 1.36. The van der Waals surface area contributed by atoms with Gasteiger partial charge in [0.2, 0.25) is 0 Å². The van der Waals surface area contributed by atoms with E-state index in [2.05, 4.69) is 39.4 Å². The van der Waals surface area contributed by atoms with Gasteiger partial charge in [-0.2, -0.15) is 0 Å². The highest BCUT2D eigenvalue weighted by Gasteiger charge is 2.29. The number of rotatable bonds is 6. The van der Waals surface area contributed by atoms with Crippen molar-refractivity contribution in [2.24, 2.45) is 11.3 Å². The van der Waals surface area contributed by atoms with Crippen LogP contribution in [-0.4, -0.2) is 24.5 Å². The van der Waals surface area contributed by atoms with Crippen LogP contribution >= 0.6 is 0 Å². The zero-order valence-corrected chi connectivity index (χ0v) is 15.6. The molecule has 0 atom stereocenters. The van der Waals surface area contributed by atoms with Gasteiger partial charge >= 0.3 is 17.9 Å². The first-order valence-electron chi connectivity index (χ1n) is 8.20. The number of hydrogen-bond acceptors (Lipinski definition) is 6. The normalized spacial score (nSPS) is 9.69. The van der Waals surface area contributed by atoms with Crippen LogP contribution in [0.15, 0.2) is 0 Å². The maximum Gasteiger partial charge on any atom is 0.429 e. The maximum absolute atomic E-state index is 11.9. The fourth-order valence-electron chi connectivity index (χ4n) is 1.36. The summed E-state index contributed by atoms with van der Waals surface area (Å²) < 4.78 is 4.89. The van der Waals surface area contributed by atoms with Crippen molar-refractivity contribution in [2.75, 3.05) is 6.61 Å². The van der Waals surface area contributed by atoms with Gasteiger partial charge in [0, 0.05) is 25.2 Å². The van der Waals surface area contributed by atoms with Crippen LogP contribution in [0.1, 0.15) is 53.4 Å². The molecular formula is C20H24O6. The van der Waals surface area contributed by atoms with Crippen LogP contribution in [0.5, 0.6) is 0 Å². The summed E-state index contributed by atoms with van der Waals surface area (Å²) in [7, 11) is 0. The average Bonchev–Trinajstić information content (AvgIpc) is 2.56. The molecule has 0 saturated heterocycles. The summed E-state index contributed by atoms with van der Waals surface area (Å²) in [6.07, 6.45) is 6.88. The second-order valence-corrected chi connectivity index (χ2v) is 6.29. The van der Waals surface area contributed by atoms with E-state index in [4.69, 9.17) is 11.2 Å². The molecule has 6 heteroatoms. The van der Waals surface area contributed by atoms with Crippen molar-refractivity contribution < 1.29 is 28.9 Å². The quantitative estimate of drug-likeness (QED) is 0.238. The molecule has 6 nitrogen and oxygen atoms in total. The third kappa shape index (κ3) is 11.6. The zero-order valence-electron chi connectivity index (χ0n) is 15.6. The molecule has 0 saturated carbocycles. The van der Waals surface area contributed by atoms with E-state index in [-0.39, 0.29) is 13.0 Å². The van der Waals surface area contributed by atoms with Crippen LogP contribution in [0.3, 0.4) is 0 Å².